The van der Waals surface area contributed by atoms with E-state index < -0.39 is 0 Å². The Morgan fingerprint density at radius 1 is 1.24 bits per heavy atom. The Labute approximate surface area is 131 Å². The normalized spacial score (nSPS) is 14.5. The fourth-order valence-electron chi connectivity index (χ4n) is 2.57. The number of furan rings is 1. The van der Waals surface area contributed by atoms with Crippen LogP contribution < -0.4 is 5.32 Å². The second kappa shape index (κ2) is 7.83. The molecule has 0 saturated carbocycles. The van der Waals surface area contributed by atoms with Gasteiger partial charge in [0.2, 0.25) is 0 Å². The summed E-state index contributed by atoms with van der Waals surface area (Å²) in [5.74, 6) is 0.918. The lowest BCUT2D eigenvalue weighted by molar-refractivity contribution is 0.0263. The maximum atomic E-state index is 6.05. The molecule has 0 spiro atoms. The lowest BCUT2D eigenvalue weighted by atomic mass is 10.1. The summed E-state index contributed by atoms with van der Waals surface area (Å²) in [6, 6.07) is 7.84. The summed E-state index contributed by atoms with van der Waals surface area (Å²) < 4.78 is 11.9. The molecule has 2 aromatic rings. The third-order valence-corrected chi connectivity index (χ3v) is 3.81. The topological polar surface area (TPSA) is 34.4 Å². The van der Waals surface area contributed by atoms with Crippen LogP contribution in [0.1, 0.15) is 45.4 Å². The second-order valence-electron chi connectivity index (χ2n) is 5.16. The minimum atomic E-state index is 0.0704. The molecule has 1 aromatic heterocycles. The first-order chi connectivity index (χ1) is 10.2. The monoisotopic (exact) mass is 309 g/mol. The first-order valence-electron chi connectivity index (χ1n) is 7.73. The number of ether oxygens (including phenoxy) is 1. The predicted octanol–water partition coefficient (Wildman–Crippen LogP) is 4.94. The fourth-order valence-corrected chi connectivity index (χ4v) is 2.75. The van der Waals surface area contributed by atoms with Crippen LogP contribution in [0, 0.1) is 0 Å². The summed E-state index contributed by atoms with van der Waals surface area (Å²) in [4.78, 5) is 0. The molecule has 0 saturated heterocycles. The quantitative estimate of drug-likeness (QED) is 0.750. The number of halogens is 1. The molecule has 4 heteroatoms. The predicted molar refractivity (Wildman–Crippen MR) is 88.0 cm³/mol. The van der Waals surface area contributed by atoms with Crippen LogP contribution >= 0.6 is 11.6 Å². The maximum Gasteiger partial charge on any atom is 0.134 e. The van der Waals surface area contributed by atoms with Gasteiger partial charge in [0, 0.05) is 17.0 Å². The third kappa shape index (κ3) is 4.00. The number of rotatable bonds is 8. The van der Waals surface area contributed by atoms with Crippen molar-refractivity contribution in [2.24, 2.45) is 0 Å². The van der Waals surface area contributed by atoms with Crippen molar-refractivity contribution in [3.05, 3.63) is 35.0 Å². The van der Waals surface area contributed by atoms with Gasteiger partial charge in [-0.2, -0.15) is 0 Å². The molecule has 0 fully saturated rings. The van der Waals surface area contributed by atoms with Gasteiger partial charge in [-0.05, 0) is 50.6 Å². The molecular weight excluding hydrogens is 286 g/mol. The van der Waals surface area contributed by atoms with Gasteiger partial charge >= 0.3 is 0 Å². The summed E-state index contributed by atoms with van der Waals surface area (Å²) in [7, 11) is 0. The molecule has 21 heavy (non-hydrogen) atoms. The van der Waals surface area contributed by atoms with Crippen molar-refractivity contribution in [3.63, 3.8) is 0 Å². The fraction of sp³-hybridized carbons (Fsp3) is 0.529. The summed E-state index contributed by atoms with van der Waals surface area (Å²) in [6.45, 7) is 7.96. The Balaban J connectivity index is 2.32. The highest BCUT2D eigenvalue weighted by Crippen LogP contribution is 2.29. The van der Waals surface area contributed by atoms with Crippen LogP contribution in [0.2, 0.25) is 5.02 Å². The van der Waals surface area contributed by atoms with Gasteiger partial charge in [0.1, 0.15) is 11.3 Å². The molecular formula is C17H24ClNO2. The van der Waals surface area contributed by atoms with Gasteiger partial charge in [0.05, 0.1) is 12.1 Å². The summed E-state index contributed by atoms with van der Waals surface area (Å²) in [5.41, 5.74) is 0.865. The zero-order valence-electron chi connectivity index (χ0n) is 13.0. The van der Waals surface area contributed by atoms with Gasteiger partial charge in [-0.15, -0.1) is 0 Å². The highest BCUT2D eigenvalue weighted by Gasteiger charge is 2.25. The van der Waals surface area contributed by atoms with Gasteiger partial charge in [-0.25, -0.2) is 0 Å². The van der Waals surface area contributed by atoms with Crippen LogP contribution in [0.3, 0.4) is 0 Å². The first-order valence-corrected chi connectivity index (χ1v) is 8.11. The minimum absolute atomic E-state index is 0.0704. The van der Waals surface area contributed by atoms with Crippen molar-refractivity contribution in [3.8, 4) is 0 Å². The number of hydrogen-bond donors (Lipinski definition) is 1. The van der Waals surface area contributed by atoms with Gasteiger partial charge < -0.3 is 14.5 Å². The molecule has 0 amide bonds. The van der Waals surface area contributed by atoms with E-state index in [4.69, 9.17) is 20.8 Å². The second-order valence-corrected chi connectivity index (χ2v) is 5.60. The third-order valence-electron chi connectivity index (χ3n) is 3.57. The van der Waals surface area contributed by atoms with E-state index in [0.717, 1.165) is 41.1 Å². The van der Waals surface area contributed by atoms with E-state index >= 15 is 0 Å². The number of fused-ring (bicyclic) bond motifs is 1. The maximum absolute atomic E-state index is 6.05. The molecule has 0 aliphatic rings. The molecule has 0 aliphatic carbocycles. The molecule has 116 valence electrons. The van der Waals surface area contributed by atoms with Crippen LogP contribution in [0.4, 0.5) is 0 Å². The van der Waals surface area contributed by atoms with Gasteiger partial charge in [0.25, 0.3) is 0 Å². The van der Waals surface area contributed by atoms with Crippen LogP contribution in [-0.2, 0) is 4.74 Å². The molecule has 1 N–H and O–H groups in total. The van der Waals surface area contributed by atoms with Crippen molar-refractivity contribution < 1.29 is 9.15 Å². The van der Waals surface area contributed by atoms with Gasteiger partial charge in [-0.3, -0.25) is 0 Å². The van der Waals surface area contributed by atoms with E-state index in [-0.39, 0.29) is 12.1 Å². The van der Waals surface area contributed by atoms with Gasteiger partial charge in [-0.1, -0.05) is 25.4 Å². The van der Waals surface area contributed by atoms with Crippen molar-refractivity contribution in [1.82, 2.24) is 5.32 Å². The van der Waals surface area contributed by atoms with E-state index in [1.54, 1.807) is 0 Å². The average Bonchev–Trinajstić information content (AvgIpc) is 2.89. The van der Waals surface area contributed by atoms with Crippen molar-refractivity contribution in [2.75, 3.05) is 13.2 Å². The SMILES string of the molecule is CCCNC(c1cc2cc(Cl)ccc2o1)C(CC)OCC. The molecule has 0 aliphatic heterocycles. The molecule has 2 atom stereocenters. The van der Waals surface area contributed by atoms with Crippen LogP contribution in [-0.4, -0.2) is 19.3 Å². The van der Waals surface area contributed by atoms with Crippen molar-refractivity contribution in [2.45, 2.75) is 45.8 Å². The Morgan fingerprint density at radius 3 is 2.71 bits per heavy atom. The molecule has 2 unspecified atom stereocenters. The molecule has 2 rings (SSSR count). The lowest BCUT2D eigenvalue weighted by Gasteiger charge is -2.25. The van der Waals surface area contributed by atoms with Crippen LogP contribution in [0.15, 0.2) is 28.7 Å². The minimum Gasteiger partial charge on any atom is -0.459 e. The molecule has 3 nitrogen and oxygen atoms in total. The number of nitrogens with one attached hydrogen (secondary N) is 1. The summed E-state index contributed by atoms with van der Waals surface area (Å²) >= 11 is 6.05. The standard InChI is InChI=1S/C17H24ClNO2/c1-4-9-19-17(14(5-2)20-6-3)16-11-12-10-13(18)7-8-15(12)21-16/h7-8,10-11,14,17,19H,4-6,9H2,1-3H3. The smallest absolute Gasteiger partial charge is 0.134 e. The zero-order chi connectivity index (χ0) is 15.2. The Morgan fingerprint density at radius 2 is 2.05 bits per heavy atom. The molecule has 1 aromatic carbocycles. The lowest BCUT2D eigenvalue weighted by Crippen LogP contribution is -2.33. The summed E-state index contributed by atoms with van der Waals surface area (Å²) in [6.07, 6.45) is 2.12. The molecule has 0 bridgehead atoms. The Hall–Kier alpha value is -1.03. The van der Waals surface area contributed by atoms with Crippen LogP contribution in [0.5, 0.6) is 0 Å². The van der Waals surface area contributed by atoms with E-state index in [1.807, 2.05) is 25.1 Å². The average molecular weight is 310 g/mol. The van der Waals surface area contributed by atoms with Crippen molar-refractivity contribution >= 4 is 22.6 Å². The highest BCUT2D eigenvalue weighted by molar-refractivity contribution is 6.31. The number of benzene rings is 1. The van der Waals surface area contributed by atoms with E-state index in [1.165, 1.54) is 0 Å². The van der Waals surface area contributed by atoms with E-state index in [2.05, 4.69) is 25.2 Å². The summed E-state index contributed by atoms with van der Waals surface area (Å²) in [5, 5.41) is 5.31. The zero-order valence-corrected chi connectivity index (χ0v) is 13.7. The first kappa shape index (κ1) is 16.3. The highest BCUT2D eigenvalue weighted by atomic mass is 35.5. The van der Waals surface area contributed by atoms with E-state index in [0.29, 0.717) is 6.61 Å². The van der Waals surface area contributed by atoms with Gasteiger partial charge in [0.15, 0.2) is 0 Å². The largest absolute Gasteiger partial charge is 0.459 e. The van der Waals surface area contributed by atoms with E-state index in [9.17, 15) is 0 Å². The molecule has 0 radical (unpaired) electrons. The Kier molecular flexibility index (Phi) is 6.09. The Bertz CT molecular complexity index is 567. The van der Waals surface area contributed by atoms with Crippen LogP contribution in [0.25, 0.3) is 11.0 Å². The molecule has 1 heterocycles. The number of hydrogen-bond acceptors (Lipinski definition) is 3. The van der Waals surface area contributed by atoms with Crippen molar-refractivity contribution in [1.29, 1.82) is 0 Å².